The average Bonchev–Trinajstić information content (AvgIpc) is 2.65. The van der Waals surface area contributed by atoms with Gasteiger partial charge in [0.25, 0.3) is 0 Å². The lowest BCUT2D eigenvalue weighted by molar-refractivity contribution is -0.131. The van der Waals surface area contributed by atoms with E-state index in [0.29, 0.717) is 12.5 Å². The van der Waals surface area contributed by atoms with Gasteiger partial charge in [-0.05, 0) is 19.2 Å². The van der Waals surface area contributed by atoms with E-state index >= 15 is 0 Å². The first-order chi connectivity index (χ1) is 6.25. The average molecular weight is 202 g/mol. The van der Waals surface area contributed by atoms with Gasteiger partial charge < -0.3 is 10.2 Å². The molecule has 1 aliphatic heterocycles. The number of carbonyl (C=O) groups is 1. The number of rotatable bonds is 4. The number of likely N-dealkylation sites (N-methyl/N-ethyl adjacent to an activating group) is 1. The van der Waals surface area contributed by atoms with E-state index in [1.807, 2.05) is 18.2 Å². The van der Waals surface area contributed by atoms with Crippen molar-refractivity contribution in [1.82, 2.24) is 10.2 Å². The number of hydrogen-bond donors (Lipinski definition) is 1. The highest BCUT2D eigenvalue weighted by atomic mass is 32.2. The molecule has 1 saturated heterocycles. The van der Waals surface area contributed by atoms with E-state index in [1.54, 1.807) is 11.8 Å². The molecule has 4 heteroatoms. The van der Waals surface area contributed by atoms with Gasteiger partial charge in [0.05, 0.1) is 0 Å². The van der Waals surface area contributed by atoms with Crippen LogP contribution in [0.25, 0.3) is 0 Å². The van der Waals surface area contributed by atoms with Crippen molar-refractivity contribution in [3.05, 3.63) is 0 Å². The van der Waals surface area contributed by atoms with Crippen LogP contribution in [0.5, 0.6) is 0 Å². The smallest absolute Gasteiger partial charge is 0.223 e. The van der Waals surface area contributed by atoms with E-state index in [0.717, 1.165) is 25.3 Å². The molecule has 1 aliphatic rings. The van der Waals surface area contributed by atoms with Gasteiger partial charge in [-0.1, -0.05) is 0 Å². The summed E-state index contributed by atoms with van der Waals surface area (Å²) in [6, 6.07) is 0.425. The Bertz CT molecular complexity index is 169. The summed E-state index contributed by atoms with van der Waals surface area (Å²) >= 11 is 1.73. The van der Waals surface area contributed by atoms with Crippen molar-refractivity contribution >= 4 is 17.7 Å². The molecule has 1 fully saturated rings. The maximum absolute atomic E-state index is 11.6. The van der Waals surface area contributed by atoms with Crippen molar-refractivity contribution in [1.29, 1.82) is 0 Å². The molecule has 0 saturated carbocycles. The van der Waals surface area contributed by atoms with Crippen molar-refractivity contribution in [2.45, 2.75) is 18.9 Å². The predicted octanol–water partition coefficient (Wildman–Crippen LogP) is 0.560. The fourth-order valence-electron chi connectivity index (χ4n) is 1.54. The topological polar surface area (TPSA) is 32.3 Å². The van der Waals surface area contributed by atoms with E-state index in [9.17, 15) is 4.79 Å². The highest BCUT2D eigenvalue weighted by Gasteiger charge is 2.22. The van der Waals surface area contributed by atoms with Crippen LogP contribution in [0.15, 0.2) is 0 Å². The Labute approximate surface area is 84.2 Å². The molecule has 0 aromatic carbocycles. The van der Waals surface area contributed by atoms with Gasteiger partial charge in [0.15, 0.2) is 0 Å². The number of thioether (sulfide) groups is 1. The van der Waals surface area contributed by atoms with Crippen LogP contribution in [0.2, 0.25) is 0 Å². The van der Waals surface area contributed by atoms with Crippen LogP contribution in [0.1, 0.15) is 12.8 Å². The first-order valence-electron chi connectivity index (χ1n) is 4.71. The molecule has 1 N–H and O–H groups in total. The molecule has 76 valence electrons. The van der Waals surface area contributed by atoms with Crippen LogP contribution >= 0.6 is 11.8 Å². The zero-order chi connectivity index (χ0) is 9.68. The number of nitrogens with one attached hydrogen (secondary N) is 1. The van der Waals surface area contributed by atoms with E-state index in [-0.39, 0.29) is 5.91 Å². The molecule has 3 nitrogen and oxygen atoms in total. The standard InChI is InChI=1S/C9H18N2OS/c1-11(8-3-5-10-7-8)9(12)4-6-13-2/h8,10H,3-7H2,1-2H3. The quantitative estimate of drug-likeness (QED) is 0.723. The number of amides is 1. The highest BCUT2D eigenvalue weighted by molar-refractivity contribution is 7.98. The van der Waals surface area contributed by atoms with Crippen molar-refractivity contribution in [3.8, 4) is 0 Å². The summed E-state index contributed by atoms with van der Waals surface area (Å²) in [6.07, 6.45) is 3.81. The second-order valence-electron chi connectivity index (χ2n) is 3.39. The third kappa shape index (κ3) is 3.19. The first kappa shape index (κ1) is 10.9. The summed E-state index contributed by atoms with van der Waals surface area (Å²) in [5, 5.41) is 3.27. The molecule has 1 atom stereocenters. The Morgan fingerprint density at radius 2 is 2.46 bits per heavy atom. The molecular weight excluding hydrogens is 184 g/mol. The van der Waals surface area contributed by atoms with Gasteiger partial charge in [-0.2, -0.15) is 11.8 Å². The summed E-state index contributed by atoms with van der Waals surface area (Å²) in [7, 11) is 1.92. The Kier molecular flexibility index (Phi) is 4.59. The molecule has 1 heterocycles. The fourth-order valence-corrected chi connectivity index (χ4v) is 1.92. The minimum absolute atomic E-state index is 0.281. The van der Waals surface area contributed by atoms with Gasteiger partial charge in [0.1, 0.15) is 0 Å². The molecule has 0 aromatic rings. The monoisotopic (exact) mass is 202 g/mol. The normalized spacial score (nSPS) is 21.8. The van der Waals surface area contributed by atoms with Gasteiger partial charge in [-0.15, -0.1) is 0 Å². The zero-order valence-corrected chi connectivity index (χ0v) is 9.19. The van der Waals surface area contributed by atoms with Crippen LogP contribution in [0.3, 0.4) is 0 Å². The molecule has 0 radical (unpaired) electrons. The maximum atomic E-state index is 11.6. The molecule has 0 aromatic heterocycles. The molecule has 0 bridgehead atoms. The summed E-state index contributed by atoms with van der Waals surface area (Å²) in [6.45, 7) is 2.01. The van der Waals surface area contributed by atoms with Gasteiger partial charge in [0, 0.05) is 31.8 Å². The highest BCUT2D eigenvalue weighted by Crippen LogP contribution is 2.08. The van der Waals surface area contributed by atoms with Crippen LogP contribution in [-0.2, 0) is 4.79 Å². The maximum Gasteiger partial charge on any atom is 0.223 e. The fraction of sp³-hybridized carbons (Fsp3) is 0.889. The number of carbonyl (C=O) groups excluding carboxylic acids is 1. The lowest BCUT2D eigenvalue weighted by Crippen LogP contribution is -2.38. The van der Waals surface area contributed by atoms with Crippen molar-refractivity contribution in [2.24, 2.45) is 0 Å². The molecule has 0 spiro atoms. The van der Waals surface area contributed by atoms with Crippen LogP contribution in [0, 0.1) is 0 Å². The summed E-state index contributed by atoms with van der Waals surface area (Å²) in [4.78, 5) is 13.5. The SMILES string of the molecule is CSCCC(=O)N(C)C1CCNC1. The van der Waals surface area contributed by atoms with Gasteiger partial charge >= 0.3 is 0 Å². The number of hydrogen-bond acceptors (Lipinski definition) is 3. The Hall–Kier alpha value is -0.220. The molecule has 1 amide bonds. The Morgan fingerprint density at radius 3 is 3.00 bits per heavy atom. The molecular formula is C9H18N2OS. The van der Waals surface area contributed by atoms with Crippen LogP contribution in [-0.4, -0.2) is 49.0 Å². The molecule has 1 rings (SSSR count). The van der Waals surface area contributed by atoms with Gasteiger partial charge in [-0.3, -0.25) is 4.79 Å². The minimum Gasteiger partial charge on any atom is -0.341 e. The van der Waals surface area contributed by atoms with Crippen LogP contribution < -0.4 is 5.32 Å². The minimum atomic E-state index is 0.281. The van der Waals surface area contributed by atoms with Crippen LogP contribution in [0.4, 0.5) is 0 Å². The summed E-state index contributed by atoms with van der Waals surface area (Å²) in [5.74, 6) is 1.21. The van der Waals surface area contributed by atoms with E-state index in [1.165, 1.54) is 0 Å². The lowest BCUT2D eigenvalue weighted by atomic mass is 10.2. The molecule has 0 aliphatic carbocycles. The van der Waals surface area contributed by atoms with E-state index < -0.39 is 0 Å². The largest absolute Gasteiger partial charge is 0.341 e. The van der Waals surface area contributed by atoms with Gasteiger partial charge in [0.2, 0.25) is 5.91 Å². The van der Waals surface area contributed by atoms with Crippen molar-refractivity contribution in [2.75, 3.05) is 32.1 Å². The molecule has 1 unspecified atom stereocenters. The summed E-state index contributed by atoms with van der Waals surface area (Å²) < 4.78 is 0. The van der Waals surface area contributed by atoms with Crippen molar-refractivity contribution < 1.29 is 4.79 Å². The summed E-state index contributed by atoms with van der Waals surface area (Å²) in [5.41, 5.74) is 0. The van der Waals surface area contributed by atoms with Crippen molar-refractivity contribution in [3.63, 3.8) is 0 Å². The third-order valence-corrected chi connectivity index (χ3v) is 3.11. The van der Waals surface area contributed by atoms with Gasteiger partial charge in [-0.25, -0.2) is 0 Å². The predicted molar refractivity (Wildman–Crippen MR) is 57.0 cm³/mol. The van der Waals surface area contributed by atoms with E-state index in [4.69, 9.17) is 0 Å². The first-order valence-corrected chi connectivity index (χ1v) is 6.10. The zero-order valence-electron chi connectivity index (χ0n) is 8.38. The lowest BCUT2D eigenvalue weighted by Gasteiger charge is -2.23. The van der Waals surface area contributed by atoms with E-state index in [2.05, 4.69) is 5.32 Å². The Balaban J connectivity index is 2.28. The molecule has 13 heavy (non-hydrogen) atoms. The Morgan fingerprint density at radius 1 is 1.69 bits per heavy atom. The number of nitrogens with zero attached hydrogens (tertiary/aromatic N) is 1. The second-order valence-corrected chi connectivity index (χ2v) is 4.38. The third-order valence-electron chi connectivity index (χ3n) is 2.50. The second kappa shape index (κ2) is 5.50.